The van der Waals surface area contributed by atoms with Crippen LogP contribution in [-0.4, -0.2) is 46.5 Å². The summed E-state index contributed by atoms with van der Waals surface area (Å²) in [5.74, 6) is -1.01. The number of carboxylic acids is 1. The first kappa shape index (κ1) is 17.0. The Balaban J connectivity index is 2.28. The molecule has 122 valence electrons. The minimum atomic E-state index is -0.939. The average Bonchev–Trinajstić information content (AvgIpc) is 2.74. The Morgan fingerprint density at radius 2 is 1.70 bits per heavy atom. The van der Waals surface area contributed by atoms with Crippen molar-refractivity contribution in [1.82, 2.24) is 9.47 Å². The van der Waals surface area contributed by atoms with Crippen LogP contribution in [-0.2, 0) is 4.79 Å². The van der Waals surface area contributed by atoms with E-state index in [0.717, 1.165) is 17.1 Å². The van der Waals surface area contributed by atoms with Crippen molar-refractivity contribution in [2.45, 2.75) is 20.8 Å². The molecule has 1 aromatic carbocycles. The van der Waals surface area contributed by atoms with E-state index in [1.54, 1.807) is 7.05 Å². The average molecular weight is 314 g/mol. The zero-order valence-electron chi connectivity index (χ0n) is 14.0. The highest BCUT2D eigenvalue weighted by molar-refractivity contribution is 5.99. The number of aryl methyl sites for hydroxylation is 2. The molecule has 2 aromatic rings. The maximum atomic E-state index is 12.5. The highest BCUT2D eigenvalue weighted by Gasteiger charge is 2.18. The van der Waals surface area contributed by atoms with Crippen LogP contribution in [0.2, 0.25) is 0 Å². The Hall–Kier alpha value is -2.40. The lowest BCUT2D eigenvalue weighted by Gasteiger charge is -2.13. The molecule has 5 nitrogen and oxygen atoms in total. The molecule has 1 aromatic heterocycles. The van der Waals surface area contributed by atoms with E-state index in [1.165, 1.54) is 10.5 Å². The van der Waals surface area contributed by atoms with Crippen LogP contribution in [0.5, 0.6) is 0 Å². The summed E-state index contributed by atoms with van der Waals surface area (Å²) in [6, 6.07) is 10.00. The van der Waals surface area contributed by atoms with Gasteiger partial charge in [0.05, 0.1) is 13.1 Å². The molecule has 0 aliphatic heterocycles. The van der Waals surface area contributed by atoms with Gasteiger partial charge in [-0.1, -0.05) is 17.7 Å². The molecule has 23 heavy (non-hydrogen) atoms. The first-order chi connectivity index (χ1) is 10.8. The van der Waals surface area contributed by atoms with Crippen molar-refractivity contribution in [3.63, 3.8) is 0 Å². The van der Waals surface area contributed by atoms with Gasteiger partial charge in [-0.2, -0.15) is 0 Å². The Labute approximate surface area is 136 Å². The van der Waals surface area contributed by atoms with Crippen molar-refractivity contribution < 1.29 is 14.7 Å². The lowest BCUT2D eigenvalue weighted by Crippen LogP contribution is -2.31. The fourth-order valence-electron chi connectivity index (χ4n) is 2.75. The van der Waals surface area contributed by atoms with Gasteiger partial charge in [0.25, 0.3) is 0 Å². The molecule has 0 bridgehead atoms. The van der Waals surface area contributed by atoms with Crippen LogP contribution in [0.25, 0.3) is 5.69 Å². The molecule has 0 saturated carbocycles. The van der Waals surface area contributed by atoms with Gasteiger partial charge in [0, 0.05) is 22.6 Å². The third-order valence-electron chi connectivity index (χ3n) is 3.84. The number of carbonyl (C=O) groups excluding carboxylic acids is 1. The van der Waals surface area contributed by atoms with E-state index in [1.807, 2.05) is 55.7 Å². The highest BCUT2D eigenvalue weighted by atomic mass is 16.4. The molecule has 0 aliphatic carbocycles. The second-order valence-electron chi connectivity index (χ2n) is 5.94. The normalized spacial score (nSPS) is 11.0. The number of nitrogens with zero attached hydrogens (tertiary/aromatic N) is 2. The predicted octanol–water partition coefficient (Wildman–Crippen LogP) is 2.60. The third-order valence-corrected chi connectivity index (χ3v) is 3.84. The highest BCUT2D eigenvalue weighted by Crippen LogP contribution is 2.21. The quantitative estimate of drug-likeness (QED) is 0.833. The van der Waals surface area contributed by atoms with Crippen LogP contribution < -0.4 is 0 Å². The van der Waals surface area contributed by atoms with E-state index >= 15 is 0 Å². The summed E-state index contributed by atoms with van der Waals surface area (Å²) in [6.45, 7) is 5.85. The van der Waals surface area contributed by atoms with E-state index < -0.39 is 5.97 Å². The fraction of sp³-hybridized carbons (Fsp3) is 0.333. The van der Waals surface area contributed by atoms with Gasteiger partial charge in [-0.3, -0.25) is 14.5 Å². The molecule has 0 amide bonds. The van der Waals surface area contributed by atoms with Gasteiger partial charge in [0.15, 0.2) is 5.78 Å². The molecule has 5 heteroatoms. The summed E-state index contributed by atoms with van der Waals surface area (Å²) in [7, 11) is 1.63. The summed E-state index contributed by atoms with van der Waals surface area (Å²) in [5, 5.41) is 8.78. The molecule has 0 fully saturated rings. The van der Waals surface area contributed by atoms with Gasteiger partial charge in [0.1, 0.15) is 0 Å². The number of aliphatic carboxylic acids is 1. The van der Waals surface area contributed by atoms with Crippen molar-refractivity contribution in [3.05, 3.63) is 52.8 Å². The Kier molecular flexibility index (Phi) is 5.01. The van der Waals surface area contributed by atoms with Crippen molar-refractivity contribution in [3.8, 4) is 5.69 Å². The first-order valence-electron chi connectivity index (χ1n) is 7.49. The number of aromatic nitrogens is 1. The van der Waals surface area contributed by atoms with E-state index in [-0.39, 0.29) is 18.9 Å². The van der Waals surface area contributed by atoms with Gasteiger partial charge in [0.2, 0.25) is 0 Å². The molecule has 0 radical (unpaired) electrons. The molecule has 0 saturated heterocycles. The number of carbonyl (C=O) groups is 2. The minimum absolute atomic E-state index is 0.0692. The van der Waals surface area contributed by atoms with Crippen LogP contribution in [0.4, 0.5) is 0 Å². The maximum absolute atomic E-state index is 12.5. The van der Waals surface area contributed by atoms with Crippen LogP contribution >= 0.6 is 0 Å². The molecule has 0 aliphatic rings. The number of hydrogen-bond donors (Lipinski definition) is 1. The van der Waals surface area contributed by atoms with Gasteiger partial charge >= 0.3 is 5.97 Å². The summed E-state index contributed by atoms with van der Waals surface area (Å²) in [5.41, 5.74) is 4.70. The number of hydrogen-bond acceptors (Lipinski definition) is 3. The number of ketones is 1. The van der Waals surface area contributed by atoms with Crippen molar-refractivity contribution in [1.29, 1.82) is 0 Å². The van der Waals surface area contributed by atoms with Crippen molar-refractivity contribution >= 4 is 11.8 Å². The van der Waals surface area contributed by atoms with E-state index in [2.05, 4.69) is 0 Å². The van der Waals surface area contributed by atoms with Gasteiger partial charge in [-0.25, -0.2) is 0 Å². The third kappa shape index (κ3) is 3.87. The monoisotopic (exact) mass is 314 g/mol. The molecular formula is C18H22N2O3. The summed E-state index contributed by atoms with van der Waals surface area (Å²) < 4.78 is 2.05. The lowest BCUT2D eigenvalue weighted by molar-refractivity contribution is -0.137. The molecule has 0 spiro atoms. The van der Waals surface area contributed by atoms with Crippen molar-refractivity contribution in [2.24, 2.45) is 0 Å². The van der Waals surface area contributed by atoms with Crippen LogP contribution in [0, 0.1) is 20.8 Å². The molecule has 2 rings (SSSR count). The Morgan fingerprint density at radius 1 is 1.09 bits per heavy atom. The van der Waals surface area contributed by atoms with Gasteiger partial charge in [-0.05, 0) is 46.0 Å². The number of carboxylic acid groups (broad SMARTS) is 1. The smallest absolute Gasteiger partial charge is 0.317 e. The van der Waals surface area contributed by atoms with Crippen LogP contribution in [0.3, 0.4) is 0 Å². The van der Waals surface area contributed by atoms with Crippen LogP contribution in [0.15, 0.2) is 30.3 Å². The predicted molar refractivity (Wildman–Crippen MR) is 89.4 cm³/mol. The minimum Gasteiger partial charge on any atom is -0.480 e. The fourth-order valence-corrected chi connectivity index (χ4v) is 2.75. The molecule has 0 atom stereocenters. The molecule has 0 unspecified atom stereocenters. The topological polar surface area (TPSA) is 62.5 Å². The Morgan fingerprint density at radius 3 is 2.26 bits per heavy atom. The van der Waals surface area contributed by atoms with E-state index in [9.17, 15) is 9.59 Å². The largest absolute Gasteiger partial charge is 0.480 e. The summed E-state index contributed by atoms with van der Waals surface area (Å²) in [4.78, 5) is 24.7. The van der Waals surface area contributed by atoms with Crippen LogP contribution in [0.1, 0.15) is 27.3 Å². The second kappa shape index (κ2) is 6.79. The SMILES string of the molecule is Cc1ccc(-n2c(C)cc(C(=O)CN(C)CC(=O)O)c2C)cc1. The zero-order chi connectivity index (χ0) is 17.1. The molecule has 1 N–H and O–H groups in total. The molecule has 1 heterocycles. The van der Waals surface area contributed by atoms with Gasteiger partial charge in [-0.15, -0.1) is 0 Å². The van der Waals surface area contributed by atoms with E-state index in [0.29, 0.717) is 5.56 Å². The number of Topliss-reactive ketones (excluding diaryl/α,β-unsaturated/α-hetero) is 1. The summed E-state index contributed by atoms with van der Waals surface area (Å²) in [6.07, 6.45) is 0. The standard InChI is InChI=1S/C18H22N2O3/c1-12-5-7-15(8-6-12)20-13(2)9-16(14(20)3)17(21)10-19(4)11-18(22)23/h5-9H,10-11H2,1-4H3,(H,22,23). The first-order valence-corrected chi connectivity index (χ1v) is 7.49. The van der Waals surface area contributed by atoms with E-state index in [4.69, 9.17) is 5.11 Å². The number of rotatable bonds is 6. The van der Waals surface area contributed by atoms with Gasteiger partial charge < -0.3 is 9.67 Å². The number of likely N-dealkylation sites (N-methyl/N-ethyl adjacent to an activating group) is 1. The lowest BCUT2D eigenvalue weighted by atomic mass is 10.1. The maximum Gasteiger partial charge on any atom is 0.317 e. The second-order valence-corrected chi connectivity index (χ2v) is 5.94. The zero-order valence-corrected chi connectivity index (χ0v) is 14.0. The van der Waals surface area contributed by atoms with Crippen molar-refractivity contribution in [2.75, 3.05) is 20.1 Å². The molecular weight excluding hydrogens is 292 g/mol. The number of benzene rings is 1. The Bertz CT molecular complexity index is 729. The summed E-state index contributed by atoms with van der Waals surface area (Å²) >= 11 is 0.